The van der Waals surface area contributed by atoms with Gasteiger partial charge in [0.1, 0.15) is 50.4 Å². The number of carbonyl (C=O) groups is 3. The molecule has 0 spiro atoms. The largest absolute Gasteiger partial charge is 0.445 e. The number of nitrogens with zero attached hydrogens (tertiary/aromatic N) is 3. The van der Waals surface area contributed by atoms with Crippen molar-refractivity contribution in [2.24, 2.45) is 0 Å². The molecular weight excluding hydrogens is 788 g/mol. The minimum absolute atomic E-state index is 0. The van der Waals surface area contributed by atoms with Crippen molar-refractivity contribution in [2.45, 2.75) is 64.0 Å². The number of hydrogen-bond acceptors (Lipinski definition) is 12. The van der Waals surface area contributed by atoms with Crippen molar-refractivity contribution in [3.8, 4) is 0 Å². The van der Waals surface area contributed by atoms with Crippen LogP contribution in [0.25, 0.3) is 0 Å². The number of rotatable bonds is 6. The number of fused-ring (bicyclic) bond motifs is 1. The fourth-order valence-corrected chi connectivity index (χ4v) is 5.92. The second-order valence-electron chi connectivity index (χ2n) is 14.1. The molecule has 3 aromatic rings. The lowest BCUT2D eigenvalue weighted by Gasteiger charge is -2.28. The third-order valence-electron chi connectivity index (χ3n) is 9.48. The number of aliphatic hydroxyl groups is 2. The topological polar surface area (TPSA) is 169 Å². The Morgan fingerprint density at radius 2 is 0.933 bits per heavy atom. The molecule has 0 aromatic heterocycles. The Morgan fingerprint density at radius 1 is 0.533 bits per heavy atom. The molecule has 0 aliphatic carbocycles. The van der Waals surface area contributed by atoms with Crippen LogP contribution in [0, 0.1) is 0 Å². The molecule has 2 N–H and O–H groups in total. The molecule has 17 heteroatoms. The third kappa shape index (κ3) is 16.6. The number of amides is 3. The van der Waals surface area contributed by atoms with E-state index in [2.05, 4.69) is 0 Å². The quantitative estimate of drug-likeness (QED) is 0.258. The van der Waals surface area contributed by atoms with Gasteiger partial charge in [0, 0.05) is 19.6 Å². The van der Waals surface area contributed by atoms with Gasteiger partial charge in [-0.05, 0) is 16.7 Å². The lowest BCUT2D eigenvalue weighted by atomic mass is 10.2. The van der Waals surface area contributed by atoms with Crippen LogP contribution in [0.5, 0.6) is 0 Å². The number of halogens is 2. The highest BCUT2D eigenvalue weighted by Gasteiger charge is 2.42. The van der Waals surface area contributed by atoms with Gasteiger partial charge in [-0.2, -0.15) is 0 Å². The zero-order chi connectivity index (χ0) is 41.8. The summed E-state index contributed by atoms with van der Waals surface area (Å²) in [6.45, 7) is 3.45. The zero-order valence-corrected chi connectivity index (χ0v) is 32.8. The molecule has 4 saturated heterocycles. The standard InChI is InChI=1S/2C14H18FNO4.C14H17NO4.CH4/c15-12-10-19-7-6-16(8-13(12)17)14(18)20-9-11-4-2-1-3-5-11;15-12-8-16(6-7-19-10-13(12)17)14(18)20-9-11-4-2-1-3-5-11;16-14(18-9-11-4-2-1-3-5-11)15-6-7-17-10-13-12(8-15)19-13;/h2*1-5,12-13,17H,6-10H2;1-5,12-13H,6-10H2;1H4/t2*12-,13-;;/m00../s1. The Balaban J connectivity index is 0.000000197. The maximum absolute atomic E-state index is 13.6. The summed E-state index contributed by atoms with van der Waals surface area (Å²) in [5.41, 5.74) is 2.72. The summed E-state index contributed by atoms with van der Waals surface area (Å²) in [6, 6.07) is 28.2. The molecule has 3 aromatic carbocycles. The molecule has 330 valence electrons. The Labute approximate surface area is 349 Å². The molecule has 4 fully saturated rings. The van der Waals surface area contributed by atoms with E-state index in [9.17, 15) is 33.4 Å². The van der Waals surface area contributed by atoms with Crippen LogP contribution in [0.15, 0.2) is 91.0 Å². The highest BCUT2D eigenvalue weighted by molar-refractivity contribution is 5.68. The van der Waals surface area contributed by atoms with E-state index in [4.69, 9.17) is 33.2 Å². The molecule has 2 unspecified atom stereocenters. The average molecular weight is 846 g/mol. The van der Waals surface area contributed by atoms with Crippen LogP contribution >= 0.6 is 0 Å². The maximum Gasteiger partial charge on any atom is 0.410 e. The molecule has 4 heterocycles. The predicted octanol–water partition coefficient (Wildman–Crippen LogP) is 4.77. The summed E-state index contributed by atoms with van der Waals surface area (Å²) in [7, 11) is 0. The summed E-state index contributed by atoms with van der Waals surface area (Å²) in [6.07, 6.45) is -6.68. The predicted molar refractivity (Wildman–Crippen MR) is 214 cm³/mol. The van der Waals surface area contributed by atoms with Gasteiger partial charge in [0.05, 0.1) is 59.3 Å². The number of benzene rings is 3. The Kier molecular flexibility index (Phi) is 20.4. The van der Waals surface area contributed by atoms with Crippen LogP contribution in [0.4, 0.5) is 23.2 Å². The van der Waals surface area contributed by atoms with Gasteiger partial charge in [0.25, 0.3) is 0 Å². The van der Waals surface area contributed by atoms with Crippen molar-refractivity contribution in [1.29, 1.82) is 0 Å². The number of alkyl halides is 2. The average Bonchev–Trinajstić information content (AvgIpc) is 3.98. The van der Waals surface area contributed by atoms with Gasteiger partial charge < -0.3 is 58.1 Å². The van der Waals surface area contributed by atoms with Gasteiger partial charge in [0.15, 0.2) is 6.17 Å². The second kappa shape index (κ2) is 25.7. The van der Waals surface area contributed by atoms with E-state index in [1.807, 2.05) is 91.0 Å². The van der Waals surface area contributed by atoms with E-state index in [0.29, 0.717) is 32.9 Å². The minimum Gasteiger partial charge on any atom is -0.445 e. The van der Waals surface area contributed by atoms with E-state index in [1.165, 1.54) is 9.80 Å². The van der Waals surface area contributed by atoms with E-state index in [0.717, 1.165) is 16.7 Å². The minimum atomic E-state index is -1.53. The first-order chi connectivity index (χ1) is 28.7. The summed E-state index contributed by atoms with van der Waals surface area (Å²) in [4.78, 5) is 39.9. The molecule has 0 saturated carbocycles. The number of aliphatic hydroxyl groups excluding tert-OH is 2. The summed E-state index contributed by atoms with van der Waals surface area (Å²) in [5, 5.41) is 19.0. The van der Waals surface area contributed by atoms with Crippen LogP contribution in [-0.4, -0.2) is 159 Å². The first-order valence-electron chi connectivity index (χ1n) is 19.6. The van der Waals surface area contributed by atoms with Gasteiger partial charge in [-0.3, -0.25) is 0 Å². The highest BCUT2D eigenvalue weighted by Crippen LogP contribution is 2.25. The van der Waals surface area contributed by atoms with Crippen molar-refractivity contribution in [1.82, 2.24) is 14.7 Å². The molecular formula is C43H57F2N3O12. The number of epoxide rings is 1. The van der Waals surface area contributed by atoms with Gasteiger partial charge >= 0.3 is 18.3 Å². The van der Waals surface area contributed by atoms with Gasteiger partial charge in [-0.25, -0.2) is 23.2 Å². The molecule has 3 amide bonds. The zero-order valence-electron chi connectivity index (χ0n) is 32.8. The van der Waals surface area contributed by atoms with Crippen molar-refractivity contribution in [2.75, 3.05) is 78.9 Å². The second-order valence-corrected chi connectivity index (χ2v) is 14.1. The Morgan fingerprint density at radius 3 is 1.40 bits per heavy atom. The van der Waals surface area contributed by atoms with E-state index in [-0.39, 0.29) is 91.5 Å². The smallest absolute Gasteiger partial charge is 0.410 e. The van der Waals surface area contributed by atoms with Crippen molar-refractivity contribution >= 4 is 18.3 Å². The normalized spacial score (nSPS) is 24.1. The lowest BCUT2D eigenvalue weighted by Crippen LogP contribution is -2.46. The number of carbonyl (C=O) groups excluding carboxylic acids is 3. The van der Waals surface area contributed by atoms with E-state index in [1.54, 1.807) is 4.90 Å². The van der Waals surface area contributed by atoms with Crippen molar-refractivity contribution in [3.05, 3.63) is 108 Å². The van der Waals surface area contributed by atoms with Crippen LogP contribution in [0.2, 0.25) is 0 Å². The molecule has 60 heavy (non-hydrogen) atoms. The van der Waals surface area contributed by atoms with Crippen molar-refractivity contribution in [3.63, 3.8) is 0 Å². The summed E-state index contributed by atoms with van der Waals surface area (Å²) < 4.78 is 63.4. The number of ether oxygens (including phenoxy) is 7. The van der Waals surface area contributed by atoms with E-state index < -0.39 is 36.7 Å². The highest BCUT2D eigenvalue weighted by atomic mass is 19.1. The summed E-state index contributed by atoms with van der Waals surface area (Å²) >= 11 is 0. The lowest BCUT2D eigenvalue weighted by molar-refractivity contribution is -0.0412. The van der Waals surface area contributed by atoms with Crippen LogP contribution < -0.4 is 0 Å². The third-order valence-corrected chi connectivity index (χ3v) is 9.48. The molecule has 7 rings (SSSR count). The van der Waals surface area contributed by atoms with Gasteiger partial charge in [-0.1, -0.05) is 98.4 Å². The first kappa shape index (κ1) is 47.8. The molecule has 0 radical (unpaired) electrons. The van der Waals surface area contributed by atoms with Crippen LogP contribution in [-0.2, 0) is 53.0 Å². The Bertz CT molecular complexity index is 1600. The fourth-order valence-electron chi connectivity index (χ4n) is 5.92. The summed E-state index contributed by atoms with van der Waals surface area (Å²) in [5.74, 6) is 0. The molecule has 4 aliphatic heterocycles. The van der Waals surface area contributed by atoms with Crippen molar-refractivity contribution < 1.29 is 66.5 Å². The fraction of sp³-hybridized carbons (Fsp3) is 0.512. The van der Waals surface area contributed by atoms with Crippen LogP contribution in [0.1, 0.15) is 24.1 Å². The van der Waals surface area contributed by atoms with Gasteiger partial charge in [-0.15, -0.1) is 0 Å². The molecule has 4 aliphatic rings. The molecule has 6 atom stereocenters. The maximum atomic E-state index is 13.6. The van der Waals surface area contributed by atoms with Crippen LogP contribution in [0.3, 0.4) is 0 Å². The number of hydrogen-bond donors (Lipinski definition) is 2. The molecule has 15 nitrogen and oxygen atoms in total. The van der Waals surface area contributed by atoms with E-state index >= 15 is 0 Å². The van der Waals surface area contributed by atoms with Gasteiger partial charge in [0.2, 0.25) is 0 Å². The molecule has 0 bridgehead atoms. The number of β-amino-alcohol motifs (C(OH)–C–C–N with tert-alkyl or cyclic N) is 1. The first-order valence-corrected chi connectivity index (χ1v) is 19.6. The Hall–Kier alpha value is -4.91. The SMILES string of the molecule is C.O=C(OCc1ccccc1)N1CCOCC2OC2C1.O=C(OCc1ccccc1)N1CCOC[C@H](F)[C@@H](O)C1.O=C(OCc1ccccc1)N1CCOC[C@H](O)[C@@H](F)C1. The monoisotopic (exact) mass is 845 g/mol.